The third-order valence-corrected chi connectivity index (χ3v) is 3.61. The van der Waals surface area contributed by atoms with Crippen LogP contribution in [0.25, 0.3) is 0 Å². The molecule has 2 heterocycles. The third-order valence-electron chi connectivity index (χ3n) is 3.61. The van der Waals surface area contributed by atoms with Crippen LogP contribution < -0.4 is 5.32 Å². The number of rotatable bonds is 4. The number of hydrogen-bond donors (Lipinski definition) is 1. The van der Waals surface area contributed by atoms with E-state index in [1.807, 2.05) is 6.92 Å². The van der Waals surface area contributed by atoms with E-state index in [1.165, 1.54) is 0 Å². The van der Waals surface area contributed by atoms with Gasteiger partial charge in [-0.15, -0.1) is 0 Å². The second kappa shape index (κ2) is 6.69. The fourth-order valence-electron chi connectivity index (χ4n) is 2.33. The molecule has 0 saturated carbocycles. The molecule has 1 N–H and O–H groups in total. The number of piperidine rings is 1. The van der Waals surface area contributed by atoms with Gasteiger partial charge in [-0.3, -0.25) is 0 Å². The van der Waals surface area contributed by atoms with E-state index in [4.69, 9.17) is 9.26 Å². The molecule has 1 aromatic rings. The lowest BCUT2D eigenvalue weighted by molar-refractivity contribution is 0.0497. The van der Waals surface area contributed by atoms with Gasteiger partial charge in [-0.1, -0.05) is 12.1 Å². The van der Waals surface area contributed by atoms with Crippen LogP contribution in [0, 0.1) is 6.92 Å². The molecule has 0 bridgehead atoms. The molecular weight excluding hydrogens is 260 g/mol. The molecule has 1 saturated heterocycles. The van der Waals surface area contributed by atoms with E-state index in [2.05, 4.69) is 15.5 Å². The molecular formula is C13H22N4O3. The van der Waals surface area contributed by atoms with Gasteiger partial charge in [0.05, 0.1) is 6.10 Å². The van der Waals surface area contributed by atoms with E-state index < -0.39 is 0 Å². The lowest BCUT2D eigenvalue weighted by atomic mass is 10.1. The molecule has 7 heteroatoms. The maximum absolute atomic E-state index is 12.2. The summed E-state index contributed by atoms with van der Waals surface area (Å²) in [6.45, 7) is 5.16. The van der Waals surface area contributed by atoms with Crippen LogP contribution in [0.3, 0.4) is 0 Å². The highest BCUT2D eigenvalue weighted by Gasteiger charge is 2.25. The minimum absolute atomic E-state index is 0.0812. The van der Waals surface area contributed by atoms with Crippen LogP contribution in [-0.4, -0.2) is 47.4 Å². The van der Waals surface area contributed by atoms with Crippen molar-refractivity contribution >= 4 is 6.03 Å². The van der Waals surface area contributed by atoms with Gasteiger partial charge in [0.15, 0.2) is 5.82 Å². The van der Waals surface area contributed by atoms with Crippen molar-refractivity contribution in [1.82, 2.24) is 20.4 Å². The molecule has 0 radical (unpaired) electrons. The van der Waals surface area contributed by atoms with Gasteiger partial charge in [0.1, 0.15) is 6.04 Å². The number of aromatic nitrogens is 2. The van der Waals surface area contributed by atoms with Crippen molar-refractivity contribution < 1.29 is 14.1 Å². The van der Waals surface area contributed by atoms with Crippen LogP contribution in [-0.2, 0) is 4.74 Å². The summed E-state index contributed by atoms with van der Waals surface area (Å²) in [5, 5.41) is 6.71. The van der Waals surface area contributed by atoms with Crippen LogP contribution >= 0.6 is 0 Å². The summed E-state index contributed by atoms with van der Waals surface area (Å²) in [5.74, 6) is 1.04. The highest BCUT2D eigenvalue weighted by molar-refractivity contribution is 5.74. The minimum Gasteiger partial charge on any atom is -0.381 e. The molecule has 20 heavy (non-hydrogen) atoms. The fourth-order valence-corrected chi connectivity index (χ4v) is 2.33. The van der Waals surface area contributed by atoms with E-state index in [0.717, 1.165) is 12.8 Å². The van der Waals surface area contributed by atoms with Crippen molar-refractivity contribution in [3.63, 3.8) is 0 Å². The first-order chi connectivity index (χ1) is 9.63. The van der Waals surface area contributed by atoms with Crippen LogP contribution in [0.5, 0.6) is 0 Å². The maximum atomic E-state index is 12.2. The zero-order valence-electron chi connectivity index (χ0n) is 12.3. The summed E-state index contributed by atoms with van der Waals surface area (Å²) in [7, 11) is 1.71. The summed E-state index contributed by atoms with van der Waals surface area (Å²) in [6.07, 6.45) is 2.72. The lowest BCUT2D eigenvalue weighted by Gasteiger charge is -2.32. The number of aryl methyl sites for hydroxylation is 1. The second-order valence-corrected chi connectivity index (χ2v) is 5.01. The number of urea groups is 1. The van der Waals surface area contributed by atoms with Crippen molar-refractivity contribution in [2.75, 3.05) is 20.2 Å². The van der Waals surface area contributed by atoms with Crippen molar-refractivity contribution in [1.29, 1.82) is 0 Å². The first-order valence-corrected chi connectivity index (χ1v) is 7.02. The summed E-state index contributed by atoms with van der Waals surface area (Å²) in [6, 6.07) is -0.314. The Kier molecular flexibility index (Phi) is 4.94. The van der Waals surface area contributed by atoms with E-state index in [0.29, 0.717) is 31.2 Å². The predicted octanol–water partition coefficient (Wildman–Crippen LogP) is 1.65. The molecule has 0 aromatic carbocycles. The number of carbonyl (C=O) groups is 1. The topological polar surface area (TPSA) is 80.5 Å². The first-order valence-electron chi connectivity index (χ1n) is 7.02. The highest BCUT2D eigenvalue weighted by Crippen LogP contribution is 2.17. The van der Waals surface area contributed by atoms with Crippen molar-refractivity contribution in [2.24, 2.45) is 0 Å². The molecule has 1 aliphatic heterocycles. The smallest absolute Gasteiger partial charge is 0.318 e. The Bertz CT molecular complexity index is 441. The van der Waals surface area contributed by atoms with E-state index in [-0.39, 0.29) is 18.2 Å². The van der Waals surface area contributed by atoms with Gasteiger partial charge in [0.25, 0.3) is 0 Å². The molecule has 1 aromatic heterocycles. The maximum Gasteiger partial charge on any atom is 0.318 e. The van der Waals surface area contributed by atoms with Gasteiger partial charge < -0.3 is 19.5 Å². The largest absolute Gasteiger partial charge is 0.381 e. The van der Waals surface area contributed by atoms with Gasteiger partial charge in [-0.2, -0.15) is 4.98 Å². The van der Waals surface area contributed by atoms with Crippen molar-refractivity contribution in [2.45, 2.75) is 45.3 Å². The summed E-state index contributed by atoms with van der Waals surface area (Å²) in [5.41, 5.74) is 0. The number of carbonyl (C=O) groups excluding carboxylic acids is 1. The average molecular weight is 282 g/mol. The molecule has 1 aliphatic rings. The summed E-state index contributed by atoms with van der Waals surface area (Å²) >= 11 is 0. The Morgan fingerprint density at radius 2 is 2.25 bits per heavy atom. The fraction of sp³-hybridized carbons (Fsp3) is 0.769. The third kappa shape index (κ3) is 3.47. The number of hydrogen-bond acceptors (Lipinski definition) is 5. The summed E-state index contributed by atoms with van der Waals surface area (Å²) < 4.78 is 10.4. The molecule has 1 fully saturated rings. The molecule has 2 rings (SSSR count). The molecule has 0 spiro atoms. The number of nitrogens with zero attached hydrogens (tertiary/aromatic N) is 3. The zero-order valence-corrected chi connectivity index (χ0v) is 12.3. The van der Waals surface area contributed by atoms with Gasteiger partial charge in [-0.05, 0) is 26.2 Å². The van der Waals surface area contributed by atoms with E-state index >= 15 is 0 Å². The number of amides is 2. The minimum atomic E-state index is -0.233. The molecule has 1 atom stereocenters. The van der Waals surface area contributed by atoms with Crippen LogP contribution in [0.2, 0.25) is 0 Å². The van der Waals surface area contributed by atoms with Gasteiger partial charge in [0.2, 0.25) is 5.89 Å². The van der Waals surface area contributed by atoms with Crippen molar-refractivity contribution in [3.05, 3.63) is 11.7 Å². The van der Waals surface area contributed by atoms with Gasteiger partial charge >= 0.3 is 6.03 Å². The quantitative estimate of drug-likeness (QED) is 0.908. The Balaban J connectivity index is 1.90. The average Bonchev–Trinajstić information content (AvgIpc) is 2.91. The Labute approximate surface area is 118 Å². The number of nitrogens with one attached hydrogen (secondary N) is 1. The zero-order chi connectivity index (χ0) is 14.5. The monoisotopic (exact) mass is 282 g/mol. The first kappa shape index (κ1) is 14.8. The molecule has 0 aliphatic carbocycles. The normalized spacial score (nSPS) is 18.1. The molecule has 112 valence electrons. The highest BCUT2D eigenvalue weighted by atomic mass is 16.5. The lowest BCUT2D eigenvalue weighted by Crippen LogP contribution is -2.46. The van der Waals surface area contributed by atoms with Crippen molar-refractivity contribution in [3.8, 4) is 0 Å². The number of likely N-dealkylation sites (tertiary alicyclic amines) is 1. The molecule has 0 unspecified atom stereocenters. The van der Waals surface area contributed by atoms with Crippen LogP contribution in [0.15, 0.2) is 4.52 Å². The Morgan fingerprint density at radius 3 is 2.75 bits per heavy atom. The predicted molar refractivity (Wildman–Crippen MR) is 72.2 cm³/mol. The standard InChI is InChI=1S/C13H22N4O3/c1-4-11(12-14-9(2)16-20-12)15-13(18)17-7-5-10(19-3)6-8-17/h10-11H,4-8H2,1-3H3,(H,15,18)/t11-/m0/s1. The van der Waals surface area contributed by atoms with Gasteiger partial charge in [0, 0.05) is 20.2 Å². The van der Waals surface area contributed by atoms with Gasteiger partial charge in [-0.25, -0.2) is 4.79 Å². The number of methoxy groups -OCH3 is 1. The van der Waals surface area contributed by atoms with E-state index in [1.54, 1.807) is 18.9 Å². The number of ether oxygens (including phenoxy) is 1. The Hall–Kier alpha value is -1.63. The Morgan fingerprint density at radius 1 is 1.55 bits per heavy atom. The second-order valence-electron chi connectivity index (χ2n) is 5.01. The van der Waals surface area contributed by atoms with Crippen LogP contribution in [0.1, 0.15) is 43.9 Å². The molecule has 7 nitrogen and oxygen atoms in total. The van der Waals surface area contributed by atoms with E-state index in [9.17, 15) is 4.79 Å². The SMILES string of the molecule is CC[C@H](NC(=O)N1CCC(OC)CC1)c1nc(C)no1. The summed E-state index contributed by atoms with van der Waals surface area (Å²) in [4.78, 5) is 18.2. The van der Waals surface area contributed by atoms with Crippen LogP contribution in [0.4, 0.5) is 4.79 Å². The molecule has 2 amide bonds.